The van der Waals surface area contributed by atoms with Crippen LogP contribution in [-0.2, 0) is 6.42 Å². The predicted octanol–water partition coefficient (Wildman–Crippen LogP) is 4.50. The normalized spacial score (nSPS) is 16.2. The molecule has 0 saturated heterocycles. The Morgan fingerprint density at radius 3 is 2.66 bits per heavy atom. The number of ether oxygens (including phenoxy) is 1. The van der Waals surface area contributed by atoms with Crippen LogP contribution in [0.4, 0.5) is 4.79 Å². The second-order valence-electron chi connectivity index (χ2n) is 8.14. The number of hydrogen-bond acceptors (Lipinski definition) is 4. The standard InChI is InChI=1S/C24H26IN3O4/c1-15-3-4-16(2)28(15)23-10-6-18(12-26-23)21(29)14-27(24(30)31)13-20-8-5-17-11-19(25)7-9-22(17)32-20/h3-4,6-7,9-12,20-21,29H,5,8,13-14H2,1-2H3,(H,30,31)/t20-,21+/m1/s1. The number of aromatic nitrogens is 2. The minimum Gasteiger partial charge on any atom is -0.488 e. The lowest BCUT2D eigenvalue weighted by molar-refractivity contribution is 0.0656. The van der Waals surface area contributed by atoms with Crippen LogP contribution in [0.2, 0.25) is 0 Å². The average Bonchev–Trinajstić information content (AvgIpc) is 3.11. The molecule has 3 heterocycles. The SMILES string of the molecule is Cc1ccc(C)n1-c1ccc([C@@H](O)CN(C[C@H]2CCc3cc(I)ccc3O2)C(=O)O)cn1. The highest BCUT2D eigenvalue weighted by molar-refractivity contribution is 14.1. The highest BCUT2D eigenvalue weighted by Gasteiger charge is 2.26. The molecule has 3 aromatic rings. The zero-order chi connectivity index (χ0) is 22.8. The third kappa shape index (κ3) is 4.91. The van der Waals surface area contributed by atoms with E-state index in [2.05, 4.69) is 33.6 Å². The molecule has 1 aromatic carbocycles. The highest BCUT2D eigenvalue weighted by Crippen LogP contribution is 2.29. The van der Waals surface area contributed by atoms with Gasteiger partial charge in [-0.3, -0.25) is 0 Å². The summed E-state index contributed by atoms with van der Waals surface area (Å²) in [5.74, 6) is 1.57. The summed E-state index contributed by atoms with van der Waals surface area (Å²) in [6, 6.07) is 13.7. The van der Waals surface area contributed by atoms with Crippen molar-refractivity contribution in [2.45, 2.75) is 38.9 Å². The van der Waals surface area contributed by atoms with Crippen molar-refractivity contribution in [1.82, 2.24) is 14.5 Å². The molecule has 0 unspecified atom stereocenters. The average molecular weight is 547 g/mol. The van der Waals surface area contributed by atoms with Gasteiger partial charge in [0.15, 0.2) is 0 Å². The summed E-state index contributed by atoms with van der Waals surface area (Å²) < 4.78 is 9.21. The number of aliphatic hydroxyl groups excluding tert-OH is 1. The molecule has 2 N–H and O–H groups in total. The van der Waals surface area contributed by atoms with Crippen molar-refractivity contribution in [1.29, 1.82) is 0 Å². The number of halogens is 1. The monoisotopic (exact) mass is 547 g/mol. The topological polar surface area (TPSA) is 87.8 Å². The maximum absolute atomic E-state index is 11.9. The Kier molecular flexibility index (Phi) is 6.71. The second kappa shape index (κ2) is 9.50. The third-order valence-electron chi connectivity index (χ3n) is 5.80. The van der Waals surface area contributed by atoms with Gasteiger partial charge in [0.25, 0.3) is 0 Å². The number of hydrogen-bond donors (Lipinski definition) is 2. The zero-order valence-electron chi connectivity index (χ0n) is 18.0. The number of nitrogens with zero attached hydrogens (tertiary/aromatic N) is 3. The Morgan fingerprint density at radius 2 is 2.00 bits per heavy atom. The molecule has 7 nitrogen and oxygen atoms in total. The Labute approximate surface area is 200 Å². The first kappa shape index (κ1) is 22.6. The fourth-order valence-corrected chi connectivity index (χ4v) is 4.64. The second-order valence-corrected chi connectivity index (χ2v) is 9.38. The van der Waals surface area contributed by atoms with Crippen molar-refractivity contribution >= 4 is 28.7 Å². The van der Waals surface area contributed by atoms with Gasteiger partial charge in [-0.1, -0.05) is 6.07 Å². The molecule has 0 radical (unpaired) electrons. The number of amides is 1. The fraction of sp³-hybridized carbons (Fsp3) is 0.333. The van der Waals surface area contributed by atoms with Gasteiger partial charge in [-0.05, 0) is 91.2 Å². The van der Waals surface area contributed by atoms with Gasteiger partial charge in [-0.25, -0.2) is 9.78 Å². The van der Waals surface area contributed by atoms with Crippen LogP contribution >= 0.6 is 22.6 Å². The molecular weight excluding hydrogens is 521 g/mol. The number of benzene rings is 1. The van der Waals surface area contributed by atoms with E-state index in [4.69, 9.17) is 4.74 Å². The van der Waals surface area contributed by atoms with Crippen molar-refractivity contribution < 1.29 is 19.7 Å². The first-order chi connectivity index (χ1) is 15.3. The Balaban J connectivity index is 1.42. The number of carboxylic acid groups (broad SMARTS) is 1. The lowest BCUT2D eigenvalue weighted by Crippen LogP contribution is -2.42. The Hall–Kier alpha value is -2.59. The van der Waals surface area contributed by atoms with Crippen LogP contribution in [0, 0.1) is 17.4 Å². The van der Waals surface area contributed by atoms with E-state index in [-0.39, 0.29) is 19.2 Å². The molecule has 1 aliphatic rings. The van der Waals surface area contributed by atoms with E-state index in [0.29, 0.717) is 5.56 Å². The van der Waals surface area contributed by atoms with Gasteiger partial charge in [0.1, 0.15) is 17.7 Å². The van der Waals surface area contributed by atoms with Crippen LogP contribution in [0.1, 0.15) is 35.0 Å². The van der Waals surface area contributed by atoms with Crippen LogP contribution in [0.3, 0.4) is 0 Å². The maximum Gasteiger partial charge on any atom is 0.407 e. The molecule has 1 amide bonds. The summed E-state index contributed by atoms with van der Waals surface area (Å²) in [5, 5.41) is 20.4. The summed E-state index contributed by atoms with van der Waals surface area (Å²) in [6.07, 6.45) is 0.885. The Morgan fingerprint density at radius 1 is 1.25 bits per heavy atom. The van der Waals surface area contributed by atoms with Crippen LogP contribution in [0.25, 0.3) is 5.82 Å². The molecule has 0 fully saturated rings. The number of aryl methyl sites for hydroxylation is 3. The van der Waals surface area contributed by atoms with Gasteiger partial charge in [0.05, 0.1) is 19.2 Å². The maximum atomic E-state index is 11.9. The Bertz CT molecular complexity index is 1090. The van der Waals surface area contributed by atoms with Crippen molar-refractivity contribution in [3.8, 4) is 11.6 Å². The summed E-state index contributed by atoms with van der Waals surface area (Å²) >= 11 is 2.27. The first-order valence-electron chi connectivity index (χ1n) is 10.5. The molecule has 8 heteroatoms. The van der Waals surface area contributed by atoms with E-state index in [9.17, 15) is 15.0 Å². The van der Waals surface area contributed by atoms with Crippen LogP contribution in [0.5, 0.6) is 5.75 Å². The number of fused-ring (bicyclic) bond motifs is 1. The summed E-state index contributed by atoms with van der Waals surface area (Å²) in [4.78, 5) is 17.6. The van der Waals surface area contributed by atoms with E-state index in [1.165, 1.54) is 4.90 Å². The van der Waals surface area contributed by atoms with Crippen LogP contribution in [0.15, 0.2) is 48.7 Å². The largest absolute Gasteiger partial charge is 0.488 e. The quantitative estimate of drug-likeness (QED) is 0.444. The predicted molar refractivity (Wildman–Crippen MR) is 129 cm³/mol. The molecular formula is C24H26IN3O4. The van der Waals surface area contributed by atoms with Crippen molar-refractivity contribution in [2.75, 3.05) is 13.1 Å². The summed E-state index contributed by atoms with van der Waals surface area (Å²) in [6.45, 7) is 4.17. The fourth-order valence-electron chi connectivity index (χ4n) is 4.09. The number of carbonyl (C=O) groups is 1. The smallest absolute Gasteiger partial charge is 0.407 e. The van der Waals surface area contributed by atoms with Crippen molar-refractivity contribution in [3.63, 3.8) is 0 Å². The molecule has 0 spiro atoms. The van der Waals surface area contributed by atoms with E-state index in [1.807, 2.05) is 48.7 Å². The molecule has 168 valence electrons. The van der Waals surface area contributed by atoms with Crippen LogP contribution < -0.4 is 4.74 Å². The molecule has 2 atom stereocenters. The van der Waals surface area contributed by atoms with Gasteiger partial charge < -0.3 is 24.4 Å². The van der Waals surface area contributed by atoms with Crippen molar-refractivity contribution in [3.05, 3.63) is 74.7 Å². The van der Waals surface area contributed by atoms with E-state index in [1.54, 1.807) is 12.3 Å². The highest BCUT2D eigenvalue weighted by atomic mass is 127. The summed E-state index contributed by atoms with van der Waals surface area (Å²) in [5.41, 5.74) is 3.87. The number of aliphatic hydroxyl groups is 1. The number of pyridine rings is 1. The van der Waals surface area contributed by atoms with Crippen LogP contribution in [-0.4, -0.2) is 50.0 Å². The minimum absolute atomic E-state index is 0.0443. The van der Waals surface area contributed by atoms with Gasteiger partial charge in [-0.2, -0.15) is 0 Å². The van der Waals surface area contributed by atoms with Gasteiger partial charge in [0, 0.05) is 26.7 Å². The van der Waals surface area contributed by atoms with Gasteiger partial charge >= 0.3 is 6.09 Å². The van der Waals surface area contributed by atoms with E-state index in [0.717, 1.165) is 44.9 Å². The van der Waals surface area contributed by atoms with Gasteiger partial charge in [0.2, 0.25) is 0 Å². The molecule has 4 rings (SSSR count). The van der Waals surface area contributed by atoms with Gasteiger partial charge in [-0.15, -0.1) is 0 Å². The van der Waals surface area contributed by atoms with E-state index < -0.39 is 12.2 Å². The van der Waals surface area contributed by atoms with E-state index >= 15 is 0 Å². The molecule has 0 bridgehead atoms. The molecule has 0 aliphatic carbocycles. The van der Waals surface area contributed by atoms with Crippen molar-refractivity contribution in [2.24, 2.45) is 0 Å². The minimum atomic E-state index is -1.08. The third-order valence-corrected chi connectivity index (χ3v) is 6.47. The molecule has 1 aliphatic heterocycles. The lowest BCUT2D eigenvalue weighted by atomic mass is 10.0. The molecule has 32 heavy (non-hydrogen) atoms. The first-order valence-corrected chi connectivity index (χ1v) is 11.6. The lowest BCUT2D eigenvalue weighted by Gasteiger charge is -2.31. The number of rotatable bonds is 6. The molecule has 2 aromatic heterocycles. The zero-order valence-corrected chi connectivity index (χ0v) is 20.2. The summed E-state index contributed by atoms with van der Waals surface area (Å²) in [7, 11) is 0. The molecule has 0 saturated carbocycles.